The topological polar surface area (TPSA) is 139 Å². The Kier molecular flexibility index (Phi) is 9.30. The molecule has 0 spiro atoms. The van der Waals surface area contributed by atoms with E-state index in [1.807, 2.05) is 36.4 Å². The molecule has 0 aliphatic carbocycles. The third-order valence-corrected chi connectivity index (χ3v) is 5.61. The summed E-state index contributed by atoms with van der Waals surface area (Å²) in [7, 11) is 0. The van der Waals surface area contributed by atoms with E-state index in [9.17, 15) is 23.1 Å². The third kappa shape index (κ3) is 7.83. The van der Waals surface area contributed by atoms with Gasteiger partial charge < -0.3 is 25.3 Å². The lowest BCUT2D eigenvalue weighted by atomic mass is 10.1. The van der Waals surface area contributed by atoms with Crippen molar-refractivity contribution in [1.82, 2.24) is 4.57 Å². The van der Waals surface area contributed by atoms with Gasteiger partial charge in [0, 0.05) is 23.6 Å². The molecule has 0 fully saturated rings. The van der Waals surface area contributed by atoms with Crippen molar-refractivity contribution in [3.63, 3.8) is 0 Å². The van der Waals surface area contributed by atoms with Gasteiger partial charge in [-0.15, -0.1) is 0 Å². The van der Waals surface area contributed by atoms with Crippen molar-refractivity contribution in [3.05, 3.63) is 101 Å². The number of carboxylic acid groups (broad SMARTS) is 2. The van der Waals surface area contributed by atoms with Crippen LogP contribution in [0.25, 0.3) is 10.9 Å². The molecule has 4 aromatic rings. The minimum absolute atomic E-state index is 0.277. The van der Waals surface area contributed by atoms with E-state index >= 15 is 0 Å². The number of nitrogens with zero attached hydrogens (tertiary/aromatic N) is 2. The monoisotopic (exact) mass is 539 g/mol. The number of carbonyl (C=O) groups is 2. The molecule has 4 rings (SSSR count). The fourth-order valence-electron chi connectivity index (χ4n) is 3.77. The molecular formula is C28H24F3N3O5. The van der Waals surface area contributed by atoms with Gasteiger partial charge >= 0.3 is 18.1 Å². The minimum Gasteiger partial charge on any atom is -0.489 e. The molecule has 0 radical (unpaired) electrons. The van der Waals surface area contributed by atoms with Gasteiger partial charge in [-0.2, -0.15) is 18.4 Å². The largest absolute Gasteiger partial charge is 0.490 e. The van der Waals surface area contributed by atoms with Crippen molar-refractivity contribution in [2.75, 3.05) is 6.54 Å². The summed E-state index contributed by atoms with van der Waals surface area (Å²) in [6.45, 7) is 1.50. The van der Waals surface area contributed by atoms with Gasteiger partial charge in [0.2, 0.25) is 0 Å². The molecule has 1 heterocycles. The van der Waals surface area contributed by atoms with E-state index in [2.05, 4.69) is 16.8 Å². The van der Waals surface area contributed by atoms with Crippen LogP contribution in [0.1, 0.15) is 32.6 Å². The van der Waals surface area contributed by atoms with Gasteiger partial charge in [0.25, 0.3) is 0 Å². The van der Waals surface area contributed by atoms with Crippen LogP contribution in [0.4, 0.5) is 13.2 Å². The number of nitrogens with two attached hydrogens (primary N) is 1. The fraction of sp³-hybridized carbons (Fsp3) is 0.179. The number of alkyl halides is 3. The first kappa shape index (κ1) is 28.7. The molecular weight excluding hydrogens is 515 g/mol. The number of halogens is 3. The van der Waals surface area contributed by atoms with Crippen LogP contribution in [0.3, 0.4) is 0 Å². The Hall–Kier alpha value is -4.82. The number of rotatable bonds is 8. The number of carboxylic acids is 2. The number of benzene rings is 3. The minimum atomic E-state index is -5.08. The average molecular weight is 540 g/mol. The van der Waals surface area contributed by atoms with Gasteiger partial charge in [0.05, 0.1) is 17.2 Å². The van der Waals surface area contributed by atoms with E-state index in [0.29, 0.717) is 25.3 Å². The molecule has 0 unspecified atom stereocenters. The lowest BCUT2D eigenvalue weighted by Crippen LogP contribution is -2.21. The van der Waals surface area contributed by atoms with E-state index < -0.39 is 18.1 Å². The number of aromatic carboxylic acids is 1. The summed E-state index contributed by atoms with van der Waals surface area (Å²) in [6, 6.07) is 22.4. The highest BCUT2D eigenvalue weighted by Gasteiger charge is 2.38. The van der Waals surface area contributed by atoms with E-state index in [0.717, 1.165) is 39.8 Å². The Balaban J connectivity index is 0.000000532. The number of ether oxygens (including phenoxy) is 1. The molecule has 0 amide bonds. The summed E-state index contributed by atoms with van der Waals surface area (Å²) in [5.41, 5.74) is 10.8. The highest BCUT2D eigenvalue weighted by molar-refractivity contribution is 5.88. The van der Waals surface area contributed by atoms with Crippen LogP contribution in [-0.2, 0) is 24.4 Å². The SMILES string of the molecule is N#Cc1ccc(COc2ccc3c(c2)c(CCN)cn3Cc2cccc(C(=O)O)c2)cc1.O=C(O)C(F)(F)F. The molecule has 0 atom stereocenters. The second-order valence-corrected chi connectivity index (χ2v) is 8.41. The molecule has 8 nitrogen and oxygen atoms in total. The molecule has 202 valence electrons. The Morgan fingerprint density at radius 2 is 1.69 bits per heavy atom. The first-order valence-corrected chi connectivity index (χ1v) is 11.6. The predicted octanol–water partition coefficient (Wildman–Crippen LogP) is 4.97. The summed E-state index contributed by atoms with van der Waals surface area (Å²) < 4.78 is 39.8. The summed E-state index contributed by atoms with van der Waals surface area (Å²) in [5.74, 6) is -2.93. The predicted molar refractivity (Wildman–Crippen MR) is 136 cm³/mol. The number of fused-ring (bicyclic) bond motifs is 1. The maximum atomic E-state index is 11.3. The van der Waals surface area contributed by atoms with Gasteiger partial charge in [0.15, 0.2) is 0 Å². The average Bonchev–Trinajstić information content (AvgIpc) is 3.24. The highest BCUT2D eigenvalue weighted by atomic mass is 19.4. The molecule has 1 aromatic heterocycles. The zero-order valence-electron chi connectivity index (χ0n) is 20.5. The van der Waals surface area contributed by atoms with Gasteiger partial charge in [-0.1, -0.05) is 24.3 Å². The van der Waals surface area contributed by atoms with E-state index in [1.54, 1.807) is 30.3 Å². The Morgan fingerprint density at radius 1 is 1.00 bits per heavy atom. The van der Waals surface area contributed by atoms with E-state index in [4.69, 9.17) is 25.6 Å². The number of hydrogen-bond donors (Lipinski definition) is 3. The Labute approximate surface area is 221 Å². The number of nitriles is 1. The van der Waals surface area contributed by atoms with Gasteiger partial charge in [-0.25, -0.2) is 9.59 Å². The highest BCUT2D eigenvalue weighted by Crippen LogP contribution is 2.28. The standard InChI is InChI=1S/C26H23N3O3.C2HF3O2/c27-11-10-22-16-29(15-20-2-1-3-21(12-20)26(30)31)25-9-8-23(13-24(22)25)32-17-19-6-4-18(14-28)5-7-19;3-2(4,5)1(6)7/h1-9,12-13,16H,10-11,15,17,27H2,(H,30,31);(H,6,7). The Morgan fingerprint density at radius 3 is 2.28 bits per heavy atom. The van der Waals surface area contributed by atoms with Crippen LogP contribution in [0.5, 0.6) is 5.75 Å². The Bertz CT molecular complexity index is 1510. The van der Waals surface area contributed by atoms with Crippen LogP contribution in [0.2, 0.25) is 0 Å². The smallest absolute Gasteiger partial charge is 0.489 e. The van der Waals surface area contributed by atoms with Crippen molar-refractivity contribution in [2.45, 2.75) is 25.7 Å². The molecule has 0 aliphatic rings. The number of aromatic nitrogens is 1. The zero-order valence-corrected chi connectivity index (χ0v) is 20.5. The van der Waals surface area contributed by atoms with Gasteiger partial charge in [0.1, 0.15) is 12.4 Å². The van der Waals surface area contributed by atoms with Crippen LogP contribution >= 0.6 is 0 Å². The normalized spacial score (nSPS) is 10.8. The van der Waals surface area contributed by atoms with Gasteiger partial charge in [-0.05, 0) is 72.1 Å². The van der Waals surface area contributed by atoms with Crippen molar-refractivity contribution in [1.29, 1.82) is 5.26 Å². The maximum Gasteiger partial charge on any atom is 0.490 e. The lowest BCUT2D eigenvalue weighted by molar-refractivity contribution is -0.192. The first-order chi connectivity index (χ1) is 18.5. The summed E-state index contributed by atoms with van der Waals surface area (Å²) >= 11 is 0. The molecule has 11 heteroatoms. The summed E-state index contributed by atoms with van der Waals surface area (Å²) in [4.78, 5) is 20.2. The molecule has 0 saturated carbocycles. The van der Waals surface area contributed by atoms with Crippen LogP contribution in [0.15, 0.2) is 72.9 Å². The van der Waals surface area contributed by atoms with Gasteiger partial charge in [-0.3, -0.25) is 0 Å². The number of aliphatic carboxylic acids is 1. The molecule has 3 aromatic carbocycles. The van der Waals surface area contributed by atoms with Crippen molar-refractivity contribution >= 4 is 22.8 Å². The second kappa shape index (κ2) is 12.6. The van der Waals surface area contributed by atoms with Crippen LogP contribution in [0, 0.1) is 11.3 Å². The maximum absolute atomic E-state index is 11.3. The second-order valence-electron chi connectivity index (χ2n) is 8.41. The molecule has 0 aliphatic heterocycles. The molecule has 0 saturated heterocycles. The molecule has 0 bridgehead atoms. The molecule has 39 heavy (non-hydrogen) atoms. The van der Waals surface area contributed by atoms with E-state index in [1.165, 1.54) is 0 Å². The first-order valence-electron chi connectivity index (χ1n) is 11.6. The van der Waals surface area contributed by atoms with Crippen molar-refractivity contribution in [3.8, 4) is 11.8 Å². The van der Waals surface area contributed by atoms with Crippen LogP contribution < -0.4 is 10.5 Å². The summed E-state index contributed by atoms with van der Waals surface area (Å²) in [6.07, 6.45) is -2.27. The fourth-order valence-corrected chi connectivity index (χ4v) is 3.77. The third-order valence-electron chi connectivity index (χ3n) is 5.61. The zero-order chi connectivity index (χ0) is 28.6. The van der Waals surface area contributed by atoms with E-state index in [-0.39, 0.29) is 5.56 Å². The quantitative estimate of drug-likeness (QED) is 0.287. The lowest BCUT2D eigenvalue weighted by Gasteiger charge is -2.09. The molecule has 4 N–H and O–H groups in total. The van der Waals surface area contributed by atoms with Crippen molar-refractivity contribution in [2.24, 2.45) is 5.73 Å². The van der Waals surface area contributed by atoms with Crippen LogP contribution in [-0.4, -0.2) is 39.4 Å². The van der Waals surface area contributed by atoms with Crippen molar-refractivity contribution < 1.29 is 37.7 Å². The number of hydrogen-bond acceptors (Lipinski definition) is 5. The summed E-state index contributed by atoms with van der Waals surface area (Å²) in [5, 5.41) is 26.4.